The van der Waals surface area contributed by atoms with Gasteiger partial charge in [-0.1, -0.05) is 6.07 Å². The number of ether oxygens (including phenoxy) is 1. The summed E-state index contributed by atoms with van der Waals surface area (Å²) in [6, 6.07) is 5.33. The van der Waals surface area contributed by atoms with E-state index in [0.717, 1.165) is 15.6 Å². The highest BCUT2D eigenvalue weighted by molar-refractivity contribution is 9.11. The summed E-state index contributed by atoms with van der Waals surface area (Å²) in [6.07, 6.45) is 1.26. The molecule has 0 aliphatic rings. The number of halogens is 3. The first-order valence-electron chi connectivity index (χ1n) is 7.32. The first kappa shape index (κ1) is 20.7. The zero-order chi connectivity index (χ0) is 19.4. The first-order chi connectivity index (χ1) is 12.2. The Morgan fingerprint density at radius 1 is 1.15 bits per heavy atom. The minimum atomic E-state index is -0.454. The lowest BCUT2D eigenvalue weighted by molar-refractivity contribution is -0.123. The average Bonchev–Trinajstić information content (AvgIpc) is 2.56. The van der Waals surface area contributed by atoms with E-state index in [0.29, 0.717) is 15.8 Å². The summed E-state index contributed by atoms with van der Waals surface area (Å²) in [5, 5.41) is 23.4. The van der Waals surface area contributed by atoms with Crippen molar-refractivity contribution in [2.75, 3.05) is 6.61 Å². The number of benzene rings is 2. The number of nitrogens with one attached hydrogen (secondary N) is 1. The fourth-order valence-corrected chi connectivity index (χ4v) is 4.09. The van der Waals surface area contributed by atoms with Crippen LogP contribution in [-0.4, -0.2) is 28.9 Å². The second-order valence-electron chi connectivity index (χ2n) is 5.43. The monoisotopic (exact) mass is 548 g/mol. The van der Waals surface area contributed by atoms with Crippen LogP contribution in [0.3, 0.4) is 0 Å². The van der Waals surface area contributed by atoms with Gasteiger partial charge in [-0.3, -0.25) is 4.79 Å². The van der Waals surface area contributed by atoms with Crippen LogP contribution in [0.5, 0.6) is 17.2 Å². The van der Waals surface area contributed by atoms with Crippen LogP contribution in [0.25, 0.3) is 0 Å². The van der Waals surface area contributed by atoms with Gasteiger partial charge in [-0.2, -0.15) is 5.10 Å². The summed E-state index contributed by atoms with van der Waals surface area (Å²) < 4.78 is 6.81. The Kier molecular flexibility index (Phi) is 7.08. The zero-order valence-corrected chi connectivity index (χ0v) is 18.6. The number of hydrazone groups is 1. The number of aryl methyl sites for hydroxylation is 2. The second kappa shape index (κ2) is 8.88. The molecule has 0 saturated heterocycles. The molecule has 9 heteroatoms. The third-order valence-corrected chi connectivity index (χ3v) is 5.26. The number of hydrogen-bond acceptors (Lipinski definition) is 5. The molecule has 138 valence electrons. The van der Waals surface area contributed by atoms with Gasteiger partial charge in [-0.15, -0.1) is 0 Å². The molecular formula is C17H15Br3N2O4. The molecule has 0 aromatic heterocycles. The predicted molar refractivity (Wildman–Crippen MR) is 110 cm³/mol. The van der Waals surface area contributed by atoms with Crippen LogP contribution in [0.1, 0.15) is 16.7 Å². The number of rotatable bonds is 5. The Hall–Kier alpha value is -1.58. The van der Waals surface area contributed by atoms with Crippen LogP contribution in [0.15, 0.2) is 36.7 Å². The molecule has 0 heterocycles. The van der Waals surface area contributed by atoms with Gasteiger partial charge in [0.1, 0.15) is 21.7 Å². The van der Waals surface area contributed by atoms with Crippen LogP contribution < -0.4 is 10.2 Å². The molecule has 0 bridgehead atoms. The predicted octanol–water partition coefficient (Wildman–Crippen LogP) is 4.53. The highest BCUT2D eigenvalue weighted by Crippen LogP contribution is 2.40. The number of amides is 1. The van der Waals surface area contributed by atoms with Crippen molar-refractivity contribution >= 4 is 59.9 Å². The zero-order valence-electron chi connectivity index (χ0n) is 13.8. The molecule has 0 unspecified atom stereocenters. The van der Waals surface area contributed by atoms with Crippen molar-refractivity contribution in [1.82, 2.24) is 5.43 Å². The smallest absolute Gasteiger partial charge is 0.277 e. The molecule has 2 rings (SSSR count). The molecule has 2 aromatic carbocycles. The molecule has 6 nitrogen and oxygen atoms in total. The number of aromatic hydroxyl groups is 2. The van der Waals surface area contributed by atoms with Crippen LogP contribution in [0, 0.1) is 13.8 Å². The van der Waals surface area contributed by atoms with Gasteiger partial charge in [0, 0.05) is 5.56 Å². The van der Waals surface area contributed by atoms with Gasteiger partial charge < -0.3 is 14.9 Å². The van der Waals surface area contributed by atoms with E-state index in [1.54, 1.807) is 0 Å². The van der Waals surface area contributed by atoms with E-state index in [-0.39, 0.29) is 22.6 Å². The largest absolute Gasteiger partial charge is 0.506 e. The molecular weight excluding hydrogens is 536 g/mol. The Morgan fingerprint density at radius 3 is 2.50 bits per heavy atom. The van der Waals surface area contributed by atoms with E-state index < -0.39 is 5.91 Å². The Balaban J connectivity index is 1.99. The van der Waals surface area contributed by atoms with Gasteiger partial charge in [0.05, 0.1) is 15.2 Å². The van der Waals surface area contributed by atoms with Crippen molar-refractivity contribution in [3.63, 3.8) is 0 Å². The standard InChI is InChI=1S/C17H15Br3N2O4/c1-8-3-9(2)17(12(19)4-8)26-7-13(23)22-21-6-10-5-11(18)16(25)14(20)15(10)24/h3-6,24-25H,7H2,1-2H3,(H,22,23)/b21-6+. The molecule has 0 atom stereocenters. The second-order valence-corrected chi connectivity index (χ2v) is 7.94. The minimum absolute atomic E-state index is 0.127. The van der Waals surface area contributed by atoms with Crippen LogP contribution in [0.4, 0.5) is 0 Å². The SMILES string of the molecule is Cc1cc(C)c(OCC(=O)N/N=C/c2cc(Br)c(O)c(Br)c2O)c(Br)c1. The third kappa shape index (κ3) is 4.99. The van der Waals surface area contributed by atoms with Crippen molar-refractivity contribution in [2.45, 2.75) is 13.8 Å². The fourth-order valence-electron chi connectivity index (χ4n) is 2.14. The summed E-state index contributed by atoms with van der Waals surface area (Å²) in [5.41, 5.74) is 4.62. The highest BCUT2D eigenvalue weighted by Gasteiger charge is 2.13. The van der Waals surface area contributed by atoms with E-state index in [1.165, 1.54) is 12.3 Å². The maximum Gasteiger partial charge on any atom is 0.277 e. The van der Waals surface area contributed by atoms with E-state index >= 15 is 0 Å². The van der Waals surface area contributed by atoms with Gasteiger partial charge in [-0.25, -0.2) is 5.43 Å². The number of phenolic OH excluding ortho intramolecular Hbond substituents is 2. The molecule has 26 heavy (non-hydrogen) atoms. The molecule has 0 radical (unpaired) electrons. The summed E-state index contributed by atoms with van der Waals surface area (Å²) in [4.78, 5) is 11.9. The average molecular weight is 551 g/mol. The third-order valence-electron chi connectivity index (χ3n) is 3.31. The number of phenols is 2. The quantitative estimate of drug-likeness (QED) is 0.377. The maximum atomic E-state index is 11.9. The van der Waals surface area contributed by atoms with Crippen LogP contribution in [-0.2, 0) is 4.79 Å². The Morgan fingerprint density at radius 2 is 1.85 bits per heavy atom. The topological polar surface area (TPSA) is 91.2 Å². The summed E-state index contributed by atoms with van der Waals surface area (Å²) in [7, 11) is 0. The van der Waals surface area contributed by atoms with Gasteiger partial charge in [0.15, 0.2) is 6.61 Å². The van der Waals surface area contributed by atoms with E-state index in [1.807, 2.05) is 26.0 Å². The van der Waals surface area contributed by atoms with Crippen molar-refractivity contribution in [3.05, 3.63) is 48.3 Å². The number of carbonyl (C=O) groups excluding carboxylic acids is 1. The number of hydrogen-bond donors (Lipinski definition) is 3. The maximum absolute atomic E-state index is 11.9. The minimum Gasteiger partial charge on any atom is -0.506 e. The molecule has 0 fully saturated rings. The molecule has 0 saturated carbocycles. The van der Waals surface area contributed by atoms with Crippen LogP contribution >= 0.6 is 47.8 Å². The lowest BCUT2D eigenvalue weighted by Crippen LogP contribution is -2.24. The van der Waals surface area contributed by atoms with Crippen molar-refractivity contribution in [2.24, 2.45) is 5.10 Å². The Bertz CT molecular complexity index is 862. The van der Waals surface area contributed by atoms with Crippen molar-refractivity contribution in [3.8, 4) is 17.2 Å². The van der Waals surface area contributed by atoms with Crippen molar-refractivity contribution in [1.29, 1.82) is 0 Å². The first-order valence-corrected chi connectivity index (χ1v) is 9.70. The van der Waals surface area contributed by atoms with E-state index in [9.17, 15) is 15.0 Å². The normalized spacial score (nSPS) is 11.0. The van der Waals surface area contributed by atoms with E-state index in [4.69, 9.17) is 4.74 Å². The van der Waals surface area contributed by atoms with Gasteiger partial charge in [0.2, 0.25) is 0 Å². The van der Waals surface area contributed by atoms with E-state index in [2.05, 4.69) is 58.3 Å². The number of carbonyl (C=O) groups is 1. The van der Waals surface area contributed by atoms with Gasteiger partial charge >= 0.3 is 0 Å². The Labute approximate surface area is 175 Å². The summed E-state index contributed by atoms with van der Waals surface area (Å²) in [5.74, 6) is -0.182. The highest BCUT2D eigenvalue weighted by atomic mass is 79.9. The lowest BCUT2D eigenvalue weighted by atomic mass is 10.1. The molecule has 3 N–H and O–H groups in total. The number of nitrogens with zero attached hydrogens (tertiary/aromatic N) is 1. The molecule has 0 aliphatic carbocycles. The molecule has 0 spiro atoms. The molecule has 0 aliphatic heterocycles. The van der Waals surface area contributed by atoms with Gasteiger partial charge in [0.25, 0.3) is 5.91 Å². The van der Waals surface area contributed by atoms with Crippen LogP contribution in [0.2, 0.25) is 0 Å². The molecule has 1 amide bonds. The van der Waals surface area contributed by atoms with Gasteiger partial charge in [-0.05, 0) is 84.9 Å². The lowest BCUT2D eigenvalue weighted by Gasteiger charge is -2.11. The fraction of sp³-hybridized carbons (Fsp3) is 0.176. The summed E-state index contributed by atoms with van der Waals surface area (Å²) >= 11 is 9.64. The van der Waals surface area contributed by atoms with Crippen molar-refractivity contribution < 1.29 is 19.7 Å². The summed E-state index contributed by atoms with van der Waals surface area (Å²) in [6.45, 7) is 3.65. The molecule has 2 aromatic rings.